The van der Waals surface area contributed by atoms with Crippen LogP contribution in [0.25, 0.3) is 10.9 Å². The average Bonchev–Trinajstić information content (AvgIpc) is 2.95. The number of benzene rings is 1. The molecule has 1 fully saturated rings. The number of carboxylic acids is 1. The molecule has 0 radical (unpaired) electrons. The van der Waals surface area contributed by atoms with Crippen LogP contribution in [0.5, 0.6) is 0 Å². The van der Waals surface area contributed by atoms with E-state index in [9.17, 15) is 14.7 Å². The first kappa shape index (κ1) is 14.5. The van der Waals surface area contributed by atoms with Gasteiger partial charge in [-0.3, -0.25) is 9.78 Å². The minimum atomic E-state index is -0.937. The molecule has 2 heterocycles. The number of carbonyl (C=O) groups is 2. The number of carbonyl (C=O) groups excluding carboxylic acids is 1. The Hall–Kier alpha value is -2.43. The van der Waals surface area contributed by atoms with Crippen molar-refractivity contribution in [2.75, 3.05) is 6.54 Å². The molecule has 2 aromatic rings. The Kier molecular flexibility index (Phi) is 3.56. The number of amides is 1. The molecule has 22 heavy (non-hydrogen) atoms. The third kappa shape index (κ3) is 2.43. The van der Waals surface area contributed by atoms with Gasteiger partial charge in [0.2, 0.25) is 0 Å². The minimum Gasteiger partial charge on any atom is -0.480 e. The first-order valence-electron chi connectivity index (χ1n) is 7.39. The summed E-state index contributed by atoms with van der Waals surface area (Å²) in [4.78, 5) is 29.9. The topological polar surface area (TPSA) is 70.5 Å². The van der Waals surface area contributed by atoms with E-state index >= 15 is 0 Å². The van der Waals surface area contributed by atoms with Crippen molar-refractivity contribution in [3.8, 4) is 0 Å². The Morgan fingerprint density at radius 2 is 2.05 bits per heavy atom. The van der Waals surface area contributed by atoms with Crippen molar-refractivity contribution < 1.29 is 14.7 Å². The monoisotopic (exact) mass is 298 g/mol. The standard InChI is InChI=1S/C17H18N2O3/c1-10-5-6-12-9-13(11(2)18-14(12)8-10)16(20)19-7-3-4-15(19)17(21)22/h5-6,8-9,15H,3-4,7H2,1-2H3,(H,21,22)/t15-/m1/s1. The third-order valence-electron chi connectivity index (χ3n) is 4.19. The smallest absolute Gasteiger partial charge is 0.326 e. The van der Waals surface area contributed by atoms with Crippen molar-refractivity contribution in [2.45, 2.75) is 32.7 Å². The molecule has 1 aliphatic rings. The van der Waals surface area contributed by atoms with Gasteiger partial charge in [-0.05, 0) is 44.4 Å². The fourth-order valence-corrected chi connectivity index (χ4v) is 3.01. The highest BCUT2D eigenvalue weighted by Crippen LogP contribution is 2.24. The van der Waals surface area contributed by atoms with Crippen LogP contribution >= 0.6 is 0 Å². The molecule has 1 aliphatic heterocycles. The van der Waals surface area contributed by atoms with Gasteiger partial charge in [0.05, 0.1) is 16.8 Å². The maximum absolute atomic E-state index is 12.7. The molecule has 0 aliphatic carbocycles. The zero-order chi connectivity index (χ0) is 15.9. The molecular formula is C17H18N2O3. The van der Waals surface area contributed by atoms with Gasteiger partial charge in [0, 0.05) is 11.9 Å². The molecule has 1 saturated heterocycles. The molecule has 5 nitrogen and oxygen atoms in total. The maximum atomic E-state index is 12.7. The number of fused-ring (bicyclic) bond motifs is 1. The van der Waals surface area contributed by atoms with Gasteiger partial charge >= 0.3 is 5.97 Å². The quantitative estimate of drug-likeness (QED) is 0.925. The van der Waals surface area contributed by atoms with E-state index in [0.717, 1.165) is 22.9 Å². The Morgan fingerprint density at radius 3 is 2.77 bits per heavy atom. The van der Waals surface area contributed by atoms with Gasteiger partial charge in [0.15, 0.2) is 0 Å². The number of hydrogen-bond donors (Lipinski definition) is 1. The van der Waals surface area contributed by atoms with Crippen LogP contribution < -0.4 is 0 Å². The summed E-state index contributed by atoms with van der Waals surface area (Å²) in [5.74, 6) is -1.18. The molecule has 114 valence electrons. The molecule has 5 heteroatoms. The van der Waals surface area contributed by atoms with Crippen LogP contribution in [0.15, 0.2) is 24.3 Å². The van der Waals surface area contributed by atoms with Gasteiger partial charge in [-0.2, -0.15) is 0 Å². The third-order valence-corrected chi connectivity index (χ3v) is 4.19. The van der Waals surface area contributed by atoms with Gasteiger partial charge in [0.25, 0.3) is 5.91 Å². The summed E-state index contributed by atoms with van der Waals surface area (Å²) in [6.07, 6.45) is 1.24. The predicted octanol–water partition coefficient (Wildman–Crippen LogP) is 2.54. The van der Waals surface area contributed by atoms with E-state index in [2.05, 4.69) is 4.98 Å². The van der Waals surface area contributed by atoms with E-state index in [-0.39, 0.29) is 5.91 Å². The second-order valence-electron chi connectivity index (χ2n) is 5.81. The highest BCUT2D eigenvalue weighted by molar-refractivity contribution is 6.00. The molecule has 1 aromatic carbocycles. The number of likely N-dealkylation sites (tertiary alicyclic amines) is 1. The molecule has 0 saturated carbocycles. The fraction of sp³-hybridized carbons (Fsp3) is 0.353. The molecule has 0 unspecified atom stereocenters. The zero-order valence-electron chi connectivity index (χ0n) is 12.7. The largest absolute Gasteiger partial charge is 0.480 e. The lowest BCUT2D eigenvalue weighted by Crippen LogP contribution is -2.40. The number of pyridine rings is 1. The first-order valence-corrected chi connectivity index (χ1v) is 7.39. The number of hydrogen-bond acceptors (Lipinski definition) is 3. The van der Waals surface area contributed by atoms with Crippen LogP contribution in [0.2, 0.25) is 0 Å². The number of nitrogens with zero attached hydrogens (tertiary/aromatic N) is 2. The van der Waals surface area contributed by atoms with Gasteiger partial charge in [-0.25, -0.2) is 4.79 Å². The van der Waals surface area contributed by atoms with Crippen LogP contribution in [-0.2, 0) is 4.79 Å². The van der Waals surface area contributed by atoms with Gasteiger partial charge in [-0.15, -0.1) is 0 Å². The Bertz CT molecular complexity index is 770. The summed E-state index contributed by atoms with van der Waals surface area (Å²) in [6, 6.07) is 6.99. The van der Waals surface area contributed by atoms with Crippen molar-refractivity contribution in [3.63, 3.8) is 0 Å². The molecule has 1 aromatic heterocycles. The van der Waals surface area contributed by atoms with Crippen molar-refractivity contribution >= 4 is 22.8 Å². The van der Waals surface area contributed by atoms with Gasteiger partial charge < -0.3 is 10.0 Å². The summed E-state index contributed by atoms with van der Waals surface area (Å²) in [5, 5.41) is 10.1. The van der Waals surface area contributed by atoms with Crippen LogP contribution in [0, 0.1) is 13.8 Å². The summed E-state index contributed by atoms with van der Waals surface area (Å²) in [6.45, 7) is 4.28. The summed E-state index contributed by atoms with van der Waals surface area (Å²) < 4.78 is 0. The SMILES string of the molecule is Cc1ccc2cc(C(=O)N3CCC[C@@H]3C(=O)O)c(C)nc2c1. The van der Waals surface area contributed by atoms with Crippen LogP contribution in [0.3, 0.4) is 0 Å². The summed E-state index contributed by atoms with van der Waals surface area (Å²) in [7, 11) is 0. The second kappa shape index (κ2) is 5.40. The second-order valence-corrected chi connectivity index (χ2v) is 5.81. The van der Waals surface area contributed by atoms with E-state index in [0.29, 0.717) is 24.2 Å². The van der Waals surface area contributed by atoms with E-state index in [1.165, 1.54) is 4.90 Å². The number of aliphatic carboxylic acids is 1. The average molecular weight is 298 g/mol. The molecule has 3 rings (SSSR count). The minimum absolute atomic E-state index is 0.239. The molecule has 0 spiro atoms. The van der Waals surface area contributed by atoms with Crippen molar-refractivity contribution in [3.05, 3.63) is 41.1 Å². The summed E-state index contributed by atoms with van der Waals surface area (Å²) in [5.41, 5.74) is 3.10. The number of carboxylic acid groups (broad SMARTS) is 1. The summed E-state index contributed by atoms with van der Waals surface area (Å²) >= 11 is 0. The molecule has 1 amide bonds. The number of aryl methyl sites for hydroxylation is 2. The van der Waals surface area contributed by atoms with Crippen molar-refractivity contribution in [2.24, 2.45) is 0 Å². The highest BCUT2D eigenvalue weighted by Gasteiger charge is 2.35. The molecule has 0 bridgehead atoms. The number of aromatic nitrogens is 1. The molecule has 1 atom stereocenters. The Morgan fingerprint density at radius 1 is 1.27 bits per heavy atom. The zero-order valence-corrected chi connectivity index (χ0v) is 12.7. The van der Waals surface area contributed by atoms with Crippen LogP contribution in [0.4, 0.5) is 0 Å². The van der Waals surface area contributed by atoms with E-state index < -0.39 is 12.0 Å². The Balaban J connectivity index is 2.02. The Labute approximate surface area is 128 Å². The normalized spacial score (nSPS) is 17.9. The van der Waals surface area contributed by atoms with Crippen LogP contribution in [0.1, 0.15) is 34.5 Å². The lowest BCUT2D eigenvalue weighted by atomic mass is 10.1. The lowest BCUT2D eigenvalue weighted by Gasteiger charge is -2.22. The van der Waals surface area contributed by atoms with E-state index in [4.69, 9.17) is 0 Å². The van der Waals surface area contributed by atoms with E-state index in [1.54, 1.807) is 6.92 Å². The van der Waals surface area contributed by atoms with Crippen molar-refractivity contribution in [1.82, 2.24) is 9.88 Å². The first-order chi connectivity index (χ1) is 10.5. The van der Waals surface area contributed by atoms with Gasteiger partial charge in [0.1, 0.15) is 6.04 Å². The van der Waals surface area contributed by atoms with Gasteiger partial charge in [-0.1, -0.05) is 12.1 Å². The van der Waals surface area contributed by atoms with E-state index in [1.807, 2.05) is 31.2 Å². The lowest BCUT2D eigenvalue weighted by molar-refractivity contribution is -0.141. The van der Waals surface area contributed by atoms with Crippen LogP contribution in [-0.4, -0.2) is 39.5 Å². The molecular weight excluding hydrogens is 280 g/mol. The number of rotatable bonds is 2. The maximum Gasteiger partial charge on any atom is 0.326 e. The molecule has 1 N–H and O–H groups in total. The highest BCUT2D eigenvalue weighted by atomic mass is 16.4. The van der Waals surface area contributed by atoms with Crippen molar-refractivity contribution in [1.29, 1.82) is 0 Å². The predicted molar refractivity (Wildman–Crippen MR) is 82.9 cm³/mol. The fourth-order valence-electron chi connectivity index (χ4n) is 3.01.